The van der Waals surface area contributed by atoms with Crippen LogP contribution in [0.3, 0.4) is 0 Å². The van der Waals surface area contributed by atoms with Crippen molar-refractivity contribution in [3.8, 4) is 0 Å². The molecule has 3 N–H and O–H groups in total. The molecule has 0 radical (unpaired) electrons. The zero-order valence-corrected chi connectivity index (χ0v) is 12.7. The van der Waals surface area contributed by atoms with Crippen molar-refractivity contribution in [1.82, 2.24) is 5.32 Å². The molecule has 0 aromatic heterocycles. The standard InChI is InChI=1S/C17H25NO3/c1-3-11(2)12-4-6-13(7-5-12)17(21)15(10-16(19)20)18-14-8-9-14/h4-7,11,14-15,17-18,21H,3,8-10H2,1-2H3,(H,19,20). The van der Waals surface area contributed by atoms with Gasteiger partial charge >= 0.3 is 5.97 Å². The molecule has 4 heteroatoms. The first kappa shape index (κ1) is 16.0. The highest BCUT2D eigenvalue weighted by molar-refractivity contribution is 5.67. The molecule has 0 bridgehead atoms. The Balaban J connectivity index is 2.07. The molecule has 1 aliphatic rings. The average molecular weight is 291 g/mol. The van der Waals surface area contributed by atoms with Crippen LogP contribution in [0.5, 0.6) is 0 Å². The summed E-state index contributed by atoms with van der Waals surface area (Å²) in [5.41, 5.74) is 2.03. The minimum Gasteiger partial charge on any atom is -0.481 e. The predicted octanol–water partition coefficient (Wildman–Crippen LogP) is 2.83. The van der Waals surface area contributed by atoms with Crippen LogP contribution in [0.4, 0.5) is 0 Å². The number of aliphatic carboxylic acids is 1. The van der Waals surface area contributed by atoms with E-state index >= 15 is 0 Å². The molecule has 1 aromatic rings. The van der Waals surface area contributed by atoms with Crippen molar-refractivity contribution in [3.05, 3.63) is 35.4 Å². The van der Waals surface area contributed by atoms with Gasteiger partial charge in [0.2, 0.25) is 0 Å². The summed E-state index contributed by atoms with van der Waals surface area (Å²) in [6.45, 7) is 4.32. The van der Waals surface area contributed by atoms with Gasteiger partial charge in [-0.2, -0.15) is 0 Å². The molecule has 3 unspecified atom stereocenters. The Hall–Kier alpha value is -1.39. The SMILES string of the molecule is CCC(C)c1ccc(C(O)C(CC(=O)O)NC2CC2)cc1. The lowest BCUT2D eigenvalue weighted by molar-refractivity contribution is -0.138. The number of carboxylic acid groups (broad SMARTS) is 1. The Labute approximate surface area is 126 Å². The number of benzene rings is 1. The first-order chi connectivity index (χ1) is 10.0. The van der Waals surface area contributed by atoms with E-state index in [-0.39, 0.29) is 6.42 Å². The maximum absolute atomic E-state index is 11.0. The van der Waals surface area contributed by atoms with Crippen LogP contribution >= 0.6 is 0 Å². The number of nitrogens with one attached hydrogen (secondary N) is 1. The van der Waals surface area contributed by atoms with Gasteiger partial charge in [-0.05, 0) is 36.3 Å². The first-order valence-corrected chi connectivity index (χ1v) is 7.77. The lowest BCUT2D eigenvalue weighted by Crippen LogP contribution is -2.38. The molecule has 0 saturated heterocycles. The minimum atomic E-state index is -0.886. The lowest BCUT2D eigenvalue weighted by Gasteiger charge is -2.23. The van der Waals surface area contributed by atoms with E-state index in [0.717, 1.165) is 24.8 Å². The van der Waals surface area contributed by atoms with E-state index < -0.39 is 18.1 Å². The van der Waals surface area contributed by atoms with E-state index in [4.69, 9.17) is 5.11 Å². The molecule has 4 nitrogen and oxygen atoms in total. The third kappa shape index (κ3) is 4.55. The third-order valence-electron chi connectivity index (χ3n) is 4.26. The van der Waals surface area contributed by atoms with E-state index in [1.807, 2.05) is 24.3 Å². The fourth-order valence-electron chi connectivity index (χ4n) is 2.49. The summed E-state index contributed by atoms with van der Waals surface area (Å²) in [6, 6.07) is 7.82. The molecule has 1 aliphatic carbocycles. The maximum atomic E-state index is 11.0. The molecule has 0 heterocycles. The number of hydrogen-bond donors (Lipinski definition) is 3. The van der Waals surface area contributed by atoms with Crippen molar-refractivity contribution in [2.45, 2.75) is 63.6 Å². The third-order valence-corrected chi connectivity index (χ3v) is 4.26. The molecule has 3 atom stereocenters. The van der Waals surface area contributed by atoms with E-state index in [2.05, 4.69) is 19.2 Å². The van der Waals surface area contributed by atoms with Crippen LogP contribution in [0, 0.1) is 0 Å². The van der Waals surface area contributed by atoms with Gasteiger partial charge in [0.15, 0.2) is 0 Å². The molecule has 0 amide bonds. The van der Waals surface area contributed by atoms with Gasteiger partial charge < -0.3 is 15.5 Å². The highest BCUT2D eigenvalue weighted by atomic mass is 16.4. The van der Waals surface area contributed by atoms with Crippen LogP contribution < -0.4 is 5.32 Å². The lowest BCUT2D eigenvalue weighted by atomic mass is 9.94. The highest BCUT2D eigenvalue weighted by Gasteiger charge is 2.30. The zero-order valence-electron chi connectivity index (χ0n) is 12.7. The van der Waals surface area contributed by atoms with Crippen LogP contribution in [0.1, 0.15) is 62.7 Å². The Morgan fingerprint density at radius 3 is 2.33 bits per heavy atom. The predicted molar refractivity (Wildman–Crippen MR) is 82.3 cm³/mol. The fourth-order valence-corrected chi connectivity index (χ4v) is 2.49. The Morgan fingerprint density at radius 1 is 1.29 bits per heavy atom. The van der Waals surface area contributed by atoms with Gasteiger partial charge in [0.25, 0.3) is 0 Å². The van der Waals surface area contributed by atoms with Gasteiger partial charge in [0.1, 0.15) is 0 Å². The summed E-state index contributed by atoms with van der Waals surface area (Å²) in [7, 11) is 0. The quantitative estimate of drug-likeness (QED) is 0.689. The van der Waals surface area contributed by atoms with Crippen molar-refractivity contribution < 1.29 is 15.0 Å². The van der Waals surface area contributed by atoms with Gasteiger partial charge in [-0.3, -0.25) is 4.79 Å². The number of aliphatic hydroxyl groups excluding tert-OH is 1. The van der Waals surface area contributed by atoms with Crippen LogP contribution in [0.2, 0.25) is 0 Å². The molecule has 1 aromatic carbocycles. The van der Waals surface area contributed by atoms with Gasteiger partial charge in [-0.1, -0.05) is 38.1 Å². The molecule has 21 heavy (non-hydrogen) atoms. The molecule has 2 rings (SSSR count). The van der Waals surface area contributed by atoms with E-state index in [1.54, 1.807) is 0 Å². The van der Waals surface area contributed by atoms with Crippen molar-refractivity contribution >= 4 is 5.97 Å². The molecular formula is C17H25NO3. The van der Waals surface area contributed by atoms with Crippen LogP contribution in [0.15, 0.2) is 24.3 Å². The number of carbonyl (C=O) groups is 1. The first-order valence-electron chi connectivity index (χ1n) is 7.77. The average Bonchev–Trinajstić information content (AvgIpc) is 3.28. The number of carboxylic acids is 1. The molecule has 116 valence electrons. The monoisotopic (exact) mass is 291 g/mol. The highest BCUT2D eigenvalue weighted by Crippen LogP contribution is 2.27. The second-order valence-electron chi connectivity index (χ2n) is 6.07. The van der Waals surface area contributed by atoms with Gasteiger partial charge in [-0.15, -0.1) is 0 Å². The topological polar surface area (TPSA) is 69.6 Å². The largest absolute Gasteiger partial charge is 0.481 e. The fraction of sp³-hybridized carbons (Fsp3) is 0.588. The summed E-state index contributed by atoms with van der Waals surface area (Å²) >= 11 is 0. The van der Waals surface area contributed by atoms with Crippen molar-refractivity contribution in [2.24, 2.45) is 0 Å². The Kier molecular flexibility index (Phi) is 5.37. The molecule has 1 saturated carbocycles. The summed E-state index contributed by atoms with van der Waals surface area (Å²) in [6.07, 6.45) is 2.36. The Morgan fingerprint density at radius 2 is 1.86 bits per heavy atom. The smallest absolute Gasteiger partial charge is 0.305 e. The van der Waals surface area contributed by atoms with E-state index in [0.29, 0.717) is 12.0 Å². The van der Waals surface area contributed by atoms with E-state index in [1.165, 1.54) is 5.56 Å². The second kappa shape index (κ2) is 7.05. The van der Waals surface area contributed by atoms with Crippen molar-refractivity contribution in [1.29, 1.82) is 0 Å². The maximum Gasteiger partial charge on any atom is 0.305 e. The summed E-state index contributed by atoms with van der Waals surface area (Å²) in [5, 5.41) is 22.7. The Bertz CT molecular complexity index is 467. The summed E-state index contributed by atoms with van der Waals surface area (Å²) in [4.78, 5) is 11.0. The number of hydrogen-bond acceptors (Lipinski definition) is 3. The van der Waals surface area contributed by atoms with Gasteiger partial charge in [0, 0.05) is 12.1 Å². The summed E-state index contributed by atoms with van der Waals surface area (Å²) in [5.74, 6) is -0.390. The zero-order chi connectivity index (χ0) is 15.4. The normalized spacial score (nSPS) is 19.0. The summed E-state index contributed by atoms with van der Waals surface area (Å²) < 4.78 is 0. The van der Waals surface area contributed by atoms with E-state index in [9.17, 15) is 9.90 Å². The molecular weight excluding hydrogens is 266 g/mol. The number of rotatable bonds is 8. The second-order valence-corrected chi connectivity index (χ2v) is 6.07. The minimum absolute atomic E-state index is 0.0647. The van der Waals surface area contributed by atoms with Crippen LogP contribution in [-0.2, 0) is 4.79 Å². The molecule has 0 aliphatic heterocycles. The van der Waals surface area contributed by atoms with Crippen LogP contribution in [-0.4, -0.2) is 28.3 Å². The van der Waals surface area contributed by atoms with Crippen molar-refractivity contribution in [2.75, 3.05) is 0 Å². The van der Waals surface area contributed by atoms with Crippen LogP contribution in [0.25, 0.3) is 0 Å². The molecule has 0 spiro atoms. The van der Waals surface area contributed by atoms with Gasteiger partial charge in [-0.25, -0.2) is 0 Å². The van der Waals surface area contributed by atoms with Crippen molar-refractivity contribution in [3.63, 3.8) is 0 Å². The molecule has 1 fully saturated rings. The van der Waals surface area contributed by atoms with Gasteiger partial charge in [0.05, 0.1) is 12.5 Å². The number of aliphatic hydroxyl groups is 1.